The Bertz CT molecular complexity index is 311. The van der Waals surface area contributed by atoms with Crippen molar-refractivity contribution < 1.29 is 1.37 Å². The third kappa shape index (κ3) is 1.58. The van der Waals surface area contributed by atoms with E-state index < -0.39 is 0 Å². The molecule has 1 aromatic rings. The number of hydrogen-bond donors (Lipinski definition) is 0. The zero-order valence-corrected chi connectivity index (χ0v) is 7.22. The highest BCUT2D eigenvalue weighted by Crippen LogP contribution is 2.25. The van der Waals surface area contributed by atoms with Crippen LogP contribution in [0.25, 0.3) is 5.57 Å². The monoisotopic (exact) mass is 159 g/mol. The second-order valence-corrected chi connectivity index (χ2v) is 3.23. The van der Waals surface area contributed by atoms with Crippen molar-refractivity contribution in [2.24, 2.45) is 0 Å². The van der Waals surface area contributed by atoms with Gasteiger partial charge in [-0.3, -0.25) is 0 Å². The Hall–Kier alpha value is -1.04. The summed E-state index contributed by atoms with van der Waals surface area (Å²) in [7, 11) is 0. The average Bonchev–Trinajstić information content (AvgIpc) is 2.20. The van der Waals surface area contributed by atoms with Crippen molar-refractivity contribution in [3.8, 4) is 0 Å². The summed E-state index contributed by atoms with van der Waals surface area (Å²) in [5.74, 6) is 0. The molecule has 0 amide bonds. The molecule has 12 heavy (non-hydrogen) atoms. The van der Waals surface area contributed by atoms with Crippen LogP contribution in [0.3, 0.4) is 0 Å². The highest BCUT2D eigenvalue weighted by atomic mass is 14.1. The minimum Gasteiger partial charge on any atom is -0.0807 e. The van der Waals surface area contributed by atoms with Gasteiger partial charge in [-0.05, 0) is 36.8 Å². The van der Waals surface area contributed by atoms with Gasteiger partial charge in [-0.2, -0.15) is 0 Å². The molecule has 1 aromatic carbocycles. The first-order valence-electron chi connectivity index (χ1n) is 5.12. The molecule has 0 heteroatoms. The van der Waals surface area contributed by atoms with E-state index in [1.807, 2.05) is 18.2 Å². The first-order chi connectivity index (χ1) is 6.38. The first-order valence-corrected chi connectivity index (χ1v) is 4.62. The molecule has 0 aromatic heterocycles. The fourth-order valence-electron chi connectivity index (χ4n) is 1.64. The molecule has 1 aliphatic rings. The van der Waals surface area contributed by atoms with E-state index in [4.69, 9.17) is 1.37 Å². The molecule has 0 aliphatic heterocycles. The topological polar surface area (TPSA) is 0 Å². The van der Waals surface area contributed by atoms with Crippen LogP contribution in [0, 0.1) is 0 Å². The standard InChI is InChI=1S/C12H14/c1-3-7-11(8-4-1)12-9-5-2-6-10-12/h1,3-4,7-9H,2,5-6,10H2/i9D. The van der Waals surface area contributed by atoms with Gasteiger partial charge in [0.25, 0.3) is 0 Å². The second-order valence-electron chi connectivity index (χ2n) is 3.23. The Morgan fingerprint density at radius 1 is 1.08 bits per heavy atom. The van der Waals surface area contributed by atoms with E-state index >= 15 is 0 Å². The van der Waals surface area contributed by atoms with Crippen LogP contribution < -0.4 is 0 Å². The van der Waals surface area contributed by atoms with Crippen molar-refractivity contribution in [1.82, 2.24) is 0 Å². The Labute approximate surface area is 75.3 Å². The lowest BCUT2D eigenvalue weighted by Crippen LogP contribution is -1.90. The normalized spacial score (nSPS) is 19.2. The van der Waals surface area contributed by atoms with Crippen LogP contribution in [0.15, 0.2) is 36.4 Å². The summed E-state index contributed by atoms with van der Waals surface area (Å²) in [4.78, 5) is 0. The molecule has 0 saturated heterocycles. The van der Waals surface area contributed by atoms with Crippen LogP contribution >= 0.6 is 0 Å². The van der Waals surface area contributed by atoms with E-state index in [9.17, 15) is 0 Å². The lowest BCUT2D eigenvalue weighted by Gasteiger charge is -2.12. The molecule has 62 valence electrons. The molecule has 1 aliphatic carbocycles. The van der Waals surface area contributed by atoms with Gasteiger partial charge < -0.3 is 0 Å². The SMILES string of the molecule is [2H]C1=C(c2ccccc2)CCCC1. The first kappa shape index (κ1) is 6.47. The van der Waals surface area contributed by atoms with Crippen LogP contribution in [0.1, 0.15) is 32.6 Å². The maximum Gasteiger partial charge on any atom is 0.0579 e. The van der Waals surface area contributed by atoms with Crippen LogP contribution in [-0.4, -0.2) is 0 Å². The molecule has 2 rings (SSSR count). The Morgan fingerprint density at radius 3 is 2.67 bits per heavy atom. The molecule has 0 radical (unpaired) electrons. The summed E-state index contributed by atoms with van der Waals surface area (Å²) < 4.78 is 7.85. The predicted molar refractivity (Wildman–Crippen MR) is 52.9 cm³/mol. The van der Waals surface area contributed by atoms with Crippen molar-refractivity contribution in [2.45, 2.75) is 25.7 Å². The van der Waals surface area contributed by atoms with Gasteiger partial charge in [0.1, 0.15) is 0 Å². The Kier molecular flexibility index (Phi) is 1.93. The molecular formula is C12H14. The third-order valence-corrected chi connectivity index (χ3v) is 2.31. The molecular weight excluding hydrogens is 144 g/mol. The van der Waals surface area contributed by atoms with Gasteiger partial charge >= 0.3 is 0 Å². The van der Waals surface area contributed by atoms with E-state index in [0.717, 1.165) is 18.9 Å². The van der Waals surface area contributed by atoms with Gasteiger partial charge in [-0.1, -0.05) is 36.4 Å². The third-order valence-electron chi connectivity index (χ3n) is 2.31. The number of allylic oxidation sites excluding steroid dienone is 2. The minimum absolute atomic E-state index is 0.845. The highest BCUT2D eigenvalue weighted by molar-refractivity contribution is 5.65. The smallest absolute Gasteiger partial charge is 0.0579 e. The zero-order chi connectivity index (χ0) is 9.10. The van der Waals surface area contributed by atoms with Crippen molar-refractivity contribution in [3.63, 3.8) is 0 Å². The second kappa shape index (κ2) is 3.57. The zero-order valence-electron chi connectivity index (χ0n) is 8.22. The number of hydrogen-bond acceptors (Lipinski definition) is 0. The average molecular weight is 159 g/mol. The summed E-state index contributed by atoms with van der Waals surface area (Å²) in [5, 5.41) is 0. The Morgan fingerprint density at radius 2 is 1.92 bits per heavy atom. The van der Waals surface area contributed by atoms with Crippen LogP contribution in [0.2, 0.25) is 0 Å². The largest absolute Gasteiger partial charge is 0.0807 e. The molecule has 0 unspecified atom stereocenters. The fourth-order valence-corrected chi connectivity index (χ4v) is 1.64. The van der Waals surface area contributed by atoms with Crippen molar-refractivity contribution in [3.05, 3.63) is 41.9 Å². The minimum atomic E-state index is 0.845. The predicted octanol–water partition coefficient (Wildman–Crippen LogP) is 3.64. The summed E-state index contributed by atoms with van der Waals surface area (Å²) in [6.07, 6.45) is 4.48. The van der Waals surface area contributed by atoms with Crippen LogP contribution in [0.5, 0.6) is 0 Å². The van der Waals surface area contributed by atoms with Crippen LogP contribution in [-0.2, 0) is 0 Å². The van der Waals surface area contributed by atoms with Gasteiger partial charge in [0.15, 0.2) is 0 Å². The lowest BCUT2D eigenvalue weighted by atomic mass is 9.94. The van der Waals surface area contributed by atoms with Gasteiger partial charge in [0.05, 0.1) is 1.37 Å². The van der Waals surface area contributed by atoms with Gasteiger partial charge in [-0.15, -0.1) is 0 Å². The molecule has 0 saturated carbocycles. The summed E-state index contributed by atoms with van der Waals surface area (Å²) in [6, 6.07) is 11.2. The fraction of sp³-hybridized carbons (Fsp3) is 0.333. The molecule has 0 spiro atoms. The number of rotatable bonds is 1. The van der Waals surface area contributed by atoms with Gasteiger partial charge in [-0.25, -0.2) is 0 Å². The van der Waals surface area contributed by atoms with Gasteiger partial charge in [0, 0.05) is 0 Å². The lowest BCUT2D eigenvalue weighted by molar-refractivity contribution is 0.742. The molecule has 0 nitrogen and oxygen atoms in total. The summed E-state index contributed by atoms with van der Waals surface area (Å²) >= 11 is 0. The van der Waals surface area contributed by atoms with E-state index in [-0.39, 0.29) is 0 Å². The summed E-state index contributed by atoms with van der Waals surface area (Å²) in [5.41, 5.74) is 2.50. The molecule has 0 heterocycles. The number of benzene rings is 1. The van der Waals surface area contributed by atoms with Crippen molar-refractivity contribution >= 4 is 5.57 Å². The van der Waals surface area contributed by atoms with E-state index in [1.54, 1.807) is 0 Å². The van der Waals surface area contributed by atoms with E-state index in [1.165, 1.54) is 24.0 Å². The van der Waals surface area contributed by atoms with E-state index in [2.05, 4.69) is 12.1 Å². The van der Waals surface area contributed by atoms with Crippen molar-refractivity contribution in [2.75, 3.05) is 0 Å². The quantitative estimate of drug-likeness (QED) is 0.586. The molecule has 0 fully saturated rings. The molecule has 0 bridgehead atoms. The maximum atomic E-state index is 7.85. The highest BCUT2D eigenvalue weighted by Gasteiger charge is 2.04. The molecule has 0 N–H and O–H groups in total. The van der Waals surface area contributed by atoms with Crippen LogP contribution in [0.4, 0.5) is 0 Å². The molecule has 0 atom stereocenters. The maximum absolute atomic E-state index is 7.85. The Balaban J connectivity index is 2.35. The van der Waals surface area contributed by atoms with Gasteiger partial charge in [0.2, 0.25) is 0 Å². The summed E-state index contributed by atoms with van der Waals surface area (Å²) in [6.45, 7) is 0. The van der Waals surface area contributed by atoms with E-state index in [0.29, 0.717) is 0 Å². The van der Waals surface area contributed by atoms with Crippen molar-refractivity contribution in [1.29, 1.82) is 0 Å².